The maximum Gasteiger partial charge on any atom is 0.297 e. The van der Waals surface area contributed by atoms with Gasteiger partial charge in [0.15, 0.2) is 5.43 Å². The van der Waals surface area contributed by atoms with Gasteiger partial charge in [-0.05, 0) is 41.8 Å². The molecule has 33 heavy (non-hydrogen) atoms. The number of fused-ring (bicyclic) bond motifs is 2. The largest absolute Gasteiger partial charge is 0.450 e. The van der Waals surface area contributed by atoms with E-state index in [9.17, 15) is 9.59 Å². The Hall–Kier alpha value is -2.45. The lowest BCUT2D eigenvalue weighted by Gasteiger charge is -2.22. The van der Waals surface area contributed by atoms with Crippen molar-refractivity contribution in [3.05, 3.63) is 83.6 Å². The van der Waals surface area contributed by atoms with E-state index < -0.39 is 11.9 Å². The van der Waals surface area contributed by atoms with Crippen molar-refractivity contribution in [2.75, 3.05) is 4.90 Å². The van der Waals surface area contributed by atoms with Crippen molar-refractivity contribution >= 4 is 68.1 Å². The molecule has 0 saturated heterocycles. The highest BCUT2D eigenvalue weighted by Crippen LogP contribution is 2.43. The molecule has 2 aromatic heterocycles. The number of benzene rings is 2. The predicted octanol–water partition coefficient (Wildman–Crippen LogP) is 6.55. The van der Waals surface area contributed by atoms with Gasteiger partial charge in [-0.2, -0.15) is 0 Å². The molecule has 0 bridgehead atoms. The second-order valence-electron chi connectivity index (χ2n) is 8.14. The second-order valence-corrected chi connectivity index (χ2v) is 10.4. The van der Waals surface area contributed by atoms with E-state index in [1.54, 1.807) is 30.3 Å². The molecule has 10 heteroatoms. The average molecular weight is 521 g/mol. The van der Waals surface area contributed by atoms with Gasteiger partial charge in [0.2, 0.25) is 10.9 Å². The molecular formula is C23H16Cl3N3O3S. The smallest absolute Gasteiger partial charge is 0.297 e. The van der Waals surface area contributed by atoms with Crippen LogP contribution in [0, 0.1) is 5.92 Å². The van der Waals surface area contributed by atoms with Crippen molar-refractivity contribution in [3.8, 4) is 0 Å². The lowest BCUT2D eigenvalue weighted by Crippen LogP contribution is -2.29. The molecule has 0 aliphatic carbocycles. The van der Waals surface area contributed by atoms with Crippen LogP contribution in [0.5, 0.6) is 0 Å². The maximum atomic E-state index is 13.6. The van der Waals surface area contributed by atoms with Crippen molar-refractivity contribution in [3.63, 3.8) is 0 Å². The van der Waals surface area contributed by atoms with Gasteiger partial charge in [-0.15, -0.1) is 10.2 Å². The van der Waals surface area contributed by atoms with Crippen LogP contribution in [-0.4, -0.2) is 16.1 Å². The number of hydrogen-bond donors (Lipinski definition) is 0. The first-order valence-corrected chi connectivity index (χ1v) is 12.1. The fraction of sp³-hybridized carbons (Fsp3) is 0.217. The molecule has 4 aromatic rings. The van der Waals surface area contributed by atoms with Crippen LogP contribution < -0.4 is 10.3 Å². The molecule has 0 spiro atoms. The lowest BCUT2D eigenvalue weighted by molar-refractivity contribution is 0.0970. The summed E-state index contributed by atoms with van der Waals surface area (Å²) >= 11 is 19.8. The number of nitrogens with zero attached hydrogens (tertiary/aromatic N) is 3. The van der Waals surface area contributed by atoms with Crippen LogP contribution in [0.3, 0.4) is 0 Å². The van der Waals surface area contributed by atoms with Crippen LogP contribution in [0.1, 0.15) is 46.6 Å². The van der Waals surface area contributed by atoms with E-state index in [-0.39, 0.29) is 22.3 Å². The van der Waals surface area contributed by atoms with E-state index in [4.69, 9.17) is 39.2 Å². The number of aromatic nitrogens is 2. The van der Waals surface area contributed by atoms with Crippen molar-refractivity contribution in [2.45, 2.75) is 26.3 Å². The summed E-state index contributed by atoms with van der Waals surface area (Å²) in [6, 6.07) is 8.91. The monoisotopic (exact) mass is 519 g/mol. The number of carbonyl (C=O) groups excluding carboxylic acids is 1. The molecule has 5 rings (SSSR count). The van der Waals surface area contributed by atoms with E-state index in [1.165, 1.54) is 22.3 Å². The molecule has 6 nitrogen and oxygen atoms in total. The van der Waals surface area contributed by atoms with Gasteiger partial charge in [0.1, 0.15) is 10.6 Å². The van der Waals surface area contributed by atoms with Gasteiger partial charge in [0.05, 0.1) is 27.0 Å². The van der Waals surface area contributed by atoms with Crippen molar-refractivity contribution in [1.82, 2.24) is 10.2 Å². The third kappa shape index (κ3) is 3.83. The Morgan fingerprint density at radius 3 is 2.58 bits per heavy atom. The Balaban J connectivity index is 1.76. The highest BCUT2D eigenvalue weighted by molar-refractivity contribution is 7.15. The van der Waals surface area contributed by atoms with Crippen molar-refractivity contribution in [1.29, 1.82) is 0 Å². The van der Waals surface area contributed by atoms with Crippen LogP contribution in [0.25, 0.3) is 11.0 Å². The summed E-state index contributed by atoms with van der Waals surface area (Å²) in [7, 11) is 0. The number of carbonyl (C=O) groups is 1. The molecular weight excluding hydrogens is 505 g/mol. The van der Waals surface area contributed by atoms with Gasteiger partial charge in [-0.1, -0.05) is 66.1 Å². The summed E-state index contributed by atoms with van der Waals surface area (Å²) in [5, 5.41) is 11.0. The quantitative estimate of drug-likeness (QED) is 0.305. The number of anilines is 1. The van der Waals surface area contributed by atoms with Crippen LogP contribution in [0.4, 0.5) is 5.13 Å². The first kappa shape index (κ1) is 22.3. The van der Waals surface area contributed by atoms with Crippen LogP contribution in [-0.2, 0) is 6.42 Å². The van der Waals surface area contributed by atoms with E-state index in [2.05, 4.69) is 24.0 Å². The van der Waals surface area contributed by atoms with Gasteiger partial charge in [-0.25, -0.2) is 0 Å². The molecule has 1 amide bonds. The fourth-order valence-electron chi connectivity index (χ4n) is 3.91. The molecule has 3 heterocycles. The minimum atomic E-state index is -0.804. The van der Waals surface area contributed by atoms with Crippen LogP contribution in [0.15, 0.2) is 45.6 Å². The minimum Gasteiger partial charge on any atom is -0.450 e. The molecule has 0 N–H and O–H groups in total. The zero-order valence-electron chi connectivity index (χ0n) is 17.4. The van der Waals surface area contributed by atoms with Gasteiger partial charge in [0, 0.05) is 11.4 Å². The normalized spacial score (nSPS) is 15.6. The number of hydrogen-bond acceptors (Lipinski definition) is 6. The third-order valence-corrected chi connectivity index (χ3v) is 7.26. The Morgan fingerprint density at radius 1 is 1.06 bits per heavy atom. The number of rotatable bonds is 4. The van der Waals surface area contributed by atoms with E-state index >= 15 is 0 Å². The van der Waals surface area contributed by atoms with Gasteiger partial charge < -0.3 is 4.42 Å². The summed E-state index contributed by atoms with van der Waals surface area (Å²) in [5.74, 6) is -0.129. The molecule has 2 aromatic carbocycles. The summed E-state index contributed by atoms with van der Waals surface area (Å²) in [4.78, 5) is 28.6. The second kappa shape index (κ2) is 8.40. The minimum absolute atomic E-state index is 0.0356. The summed E-state index contributed by atoms with van der Waals surface area (Å²) in [6.45, 7) is 4.16. The lowest BCUT2D eigenvalue weighted by atomic mass is 9.99. The van der Waals surface area contributed by atoms with Crippen molar-refractivity contribution in [2.24, 2.45) is 5.92 Å². The average Bonchev–Trinajstić information content (AvgIpc) is 3.32. The zero-order chi connectivity index (χ0) is 23.4. The Labute approximate surface area is 207 Å². The van der Waals surface area contributed by atoms with E-state index in [1.807, 2.05) is 0 Å². The molecule has 0 fully saturated rings. The van der Waals surface area contributed by atoms with Crippen LogP contribution >= 0.6 is 46.1 Å². The number of amides is 1. The molecule has 1 aliphatic rings. The molecule has 1 atom stereocenters. The van der Waals surface area contributed by atoms with Crippen LogP contribution in [0.2, 0.25) is 15.1 Å². The summed E-state index contributed by atoms with van der Waals surface area (Å²) in [6.07, 6.45) is 0.726. The predicted molar refractivity (Wildman–Crippen MR) is 131 cm³/mol. The number of halogens is 3. The molecule has 168 valence electrons. The van der Waals surface area contributed by atoms with Gasteiger partial charge in [0.25, 0.3) is 5.91 Å². The fourth-order valence-corrected chi connectivity index (χ4v) is 5.47. The summed E-state index contributed by atoms with van der Waals surface area (Å²) < 4.78 is 5.93. The zero-order valence-corrected chi connectivity index (χ0v) is 20.5. The highest BCUT2D eigenvalue weighted by atomic mass is 35.5. The highest BCUT2D eigenvalue weighted by Gasteiger charge is 2.45. The first-order chi connectivity index (χ1) is 15.7. The van der Waals surface area contributed by atoms with Gasteiger partial charge in [-0.3, -0.25) is 14.5 Å². The first-order valence-electron chi connectivity index (χ1n) is 10.1. The third-order valence-electron chi connectivity index (χ3n) is 5.34. The molecule has 1 unspecified atom stereocenters. The topological polar surface area (TPSA) is 76.3 Å². The molecule has 0 radical (unpaired) electrons. The Morgan fingerprint density at radius 2 is 1.85 bits per heavy atom. The molecule has 1 aliphatic heterocycles. The van der Waals surface area contributed by atoms with E-state index in [0.717, 1.165) is 11.4 Å². The standard InChI is InChI=1S/C23H16Cl3N3O3S/c1-10(2)7-17-27-28-23(33-17)29-19(11-3-5-14(25)15(26)8-11)18-20(30)13-9-12(24)4-6-16(13)32-21(18)22(29)31/h3-6,8-10,19H,7H2,1-2H3. The van der Waals surface area contributed by atoms with Gasteiger partial charge >= 0.3 is 0 Å². The Kier molecular flexibility index (Phi) is 5.69. The molecule has 0 saturated carbocycles. The SMILES string of the molecule is CC(C)Cc1nnc(N2C(=O)c3oc4ccc(Cl)cc4c(=O)c3C2c2ccc(Cl)c(Cl)c2)s1. The van der Waals surface area contributed by atoms with E-state index in [0.29, 0.717) is 37.1 Å². The maximum absolute atomic E-state index is 13.6. The van der Waals surface area contributed by atoms with Crippen molar-refractivity contribution < 1.29 is 9.21 Å². The summed E-state index contributed by atoms with van der Waals surface area (Å²) in [5.41, 5.74) is 0.746. The Bertz CT molecular complexity index is 1480.